The van der Waals surface area contributed by atoms with Crippen LogP contribution in [0, 0.1) is 11.8 Å². The Morgan fingerprint density at radius 3 is 3.25 bits per heavy atom. The molecule has 2 aliphatic rings. The van der Waals surface area contributed by atoms with E-state index in [2.05, 4.69) is 35.9 Å². The van der Waals surface area contributed by atoms with Crippen molar-refractivity contribution in [1.82, 2.24) is 4.90 Å². The first-order valence-corrected chi connectivity index (χ1v) is 6.05. The molecule has 0 aliphatic carbocycles. The van der Waals surface area contributed by atoms with Gasteiger partial charge in [-0.25, -0.2) is 0 Å². The fraction of sp³-hybridized carbons (Fsp3) is 0.800. The molecule has 0 spiro atoms. The van der Waals surface area contributed by atoms with Crippen LogP contribution < -0.4 is 0 Å². The molecule has 2 aliphatic heterocycles. The summed E-state index contributed by atoms with van der Waals surface area (Å²) in [5, 5.41) is 0. The normalized spacial score (nSPS) is 33.9. The Morgan fingerprint density at radius 2 is 2.42 bits per heavy atom. The maximum atomic E-state index is 2.48. The summed E-state index contributed by atoms with van der Waals surface area (Å²) in [6, 6.07) is 0. The van der Waals surface area contributed by atoms with Crippen molar-refractivity contribution in [3.8, 4) is 0 Å². The van der Waals surface area contributed by atoms with E-state index in [1.54, 1.807) is 0 Å². The fourth-order valence-electron chi connectivity index (χ4n) is 2.06. The predicted octanol–water partition coefficient (Wildman–Crippen LogP) is 2.20. The summed E-state index contributed by atoms with van der Waals surface area (Å²) < 4.78 is 0. The van der Waals surface area contributed by atoms with Gasteiger partial charge in [0.1, 0.15) is 0 Å². The summed E-state index contributed by atoms with van der Waals surface area (Å²) in [5.41, 5.74) is 0. The van der Waals surface area contributed by atoms with Crippen molar-refractivity contribution < 1.29 is 0 Å². The van der Waals surface area contributed by atoms with Crippen LogP contribution in [0.2, 0.25) is 0 Å². The average Bonchev–Trinajstić information content (AvgIpc) is 2.51. The van der Waals surface area contributed by atoms with Crippen molar-refractivity contribution in [2.24, 2.45) is 11.8 Å². The van der Waals surface area contributed by atoms with E-state index in [0.717, 1.165) is 11.8 Å². The van der Waals surface area contributed by atoms with Crippen LogP contribution in [-0.2, 0) is 0 Å². The molecular weight excluding hydrogens is 166 g/mol. The van der Waals surface area contributed by atoms with E-state index in [1.807, 2.05) is 0 Å². The predicted molar refractivity (Wildman–Crippen MR) is 55.3 cm³/mol. The molecule has 0 radical (unpaired) electrons. The van der Waals surface area contributed by atoms with Gasteiger partial charge in [0, 0.05) is 13.1 Å². The van der Waals surface area contributed by atoms with Crippen molar-refractivity contribution in [2.75, 3.05) is 24.6 Å². The molecule has 2 rings (SSSR count). The van der Waals surface area contributed by atoms with Crippen LogP contribution >= 0.6 is 11.8 Å². The highest BCUT2D eigenvalue weighted by molar-refractivity contribution is 7.99. The topological polar surface area (TPSA) is 3.24 Å². The highest BCUT2D eigenvalue weighted by Gasteiger charge is 2.29. The molecule has 1 saturated heterocycles. The summed E-state index contributed by atoms with van der Waals surface area (Å²) in [5.74, 6) is 4.59. The van der Waals surface area contributed by atoms with Crippen LogP contribution in [0.4, 0.5) is 0 Å². The zero-order valence-corrected chi connectivity index (χ0v) is 8.52. The van der Waals surface area contributed by atoms with Crippen LogP contribution in [0.3, 0.4) is 0 Å². The number of allylic oxidation sites excluding steroid dienone is 1. The molecule has 0 bridgehead atoms. The van der Waals surface area contributed by atoms with Gasteiger partial charge in [0.25, 0.3) is 0 Å². The van der Waals surface area contributed by atoms with Gasteiger partial charge in [0.05, 0.1) is 0 Å². The molecule has 2 unspecified atom stereocenters. The second-order valence-electron chi connectivity index (χ2n) is 3.80. The maximum absolute atomic E-state index is 2.48. The van der Waals surface area contributed by atoms with Gasteiger partial charge < -0.3 is 4.90 Å². The van der Waals surface area contributed by atoms with Crippen LogP contribution in [0.25, 0.3) is 0 Å². The van der Waals surface area contributed by atoms with E-state index >= 15 is 0 Å². The fourth-order valence-corrected chi connectivity index (χ4v) is 3.51. The number of fused-ring (bicyclic) bond motifs is 1. The first-order chi connectivity index (χ1) is 5.90. The average molecular weight is 183 g/mol. The zero-order chi connectivity index (χ0) is 8.39. The molecule has 12 heavy (non-hydrogen) atoms. The Bertz CT molecular complexity index is 179. The molecule has 2 heterocycles. The van der Waals surface area contributed by atoms with Crippen LogP contribution in [-0.4, -0.2) is 29.5 Å². The van der Waals surface area contributed by atoms with Crippen LogP contribution in [0.5, 0.6) is 0 Å². The van der Waals surface area contributed by atoms with Gasteiger partial charge in [-0.3, -0.25) is 0 Å². The molecule has 1 nitrogen and oxygen atoms in total. The largest absolute Gasteiger partial charge is 0.377 e. The molecule has 0 amide bonds. The lowest BCUT2D eigenvalue weighted by Gasteiger charge is -2.30. The molecule has 2 heteroatoms. The quantitative estimate of drug-likeness (QED) is 0.645. The summed E-state index contributed by atoms with van der Waals surface area (Å²) in [6.45, 7) is 4.80. The van der Waals surface area contributed by atoms with Gasteiger partial charge in [0.15, 0.2) is 0 Å². The van der Waals surface area contributed by atoms with Gasteiger partial charge in [-0.15, -0.1) is 0 Å². The van der Waals surface area contributed by atoms with Gasteiger partial charge in [-0.2, -0.15) is 11.8 Å². The lowest BCUT2D eigenvalue weighted by atomic mass is 9.93. The Kier molecular flexibility index (Phi) is 2.64. The monoisotopic (exact) mass is 183 g/mol. The highest BCUT2D eigenvalue weighted by atomic mass is 32.2. The Hall–Kier alpha value is -0.110. The summed E-state index contributed by atoms with van der Waals surface area (Å²) in [7, 11) is 0. The van der Waals surface area contributed by atoms with Gasteiger partial charge in [-0.1, -0.05) is 13.0 Å². The van der Waals surface area contributed by atoms with E-state index in [9.17, 15) is 0 Å². The molecule has 0 saturated carbocycles. The van der Waals surface area contributed by atoms with E-state index in [0.29, 0.717) is 0 Å². The second-order valence-corrected chi connectivity index (χ2v) is 4.87. The minimum absolute atomic E-state index is 0.892. The molecule has 0 N–H and O–H groups in total. The first-order valence-electron chi connectivity index (χ1n) is 4.90. The van der Waals surface area contributed by atoms with E-state index in [-0.39, 0.29) is 0 Å². The van der Waals surface area contributed by atoms with Crippen LogP contribution in [0.1, 0.15) is 13.3 Å². The van der Waals surface area contributed by atoms with Crippen molar-refractivity contribution in [2.45, 2.75) is 13.3 Å². The van der Waals surface area contributed by atoms with Crippen molar-refractivity contribution in [3.05, 3.63) is 12.3 Å². The zero-order valence-electron chi connectivity index (χ0n) is 7.70. The SMILES string of the molecule is CCCN1C=CC2CSCC2C1. The third-order valence-electron chi connectivity index (χ3n) is 2.77. The van der Waals surface area contributed by atoms with E-state index in [4.69, 9.17) is 0 Å². The Balaban J connectivity index is 1.94. The summed E-state index contributed by atoms with van der Waals surface area (Å²) in [4.78, 5) is 2.48. The number of hydrogen-bond acceptors (Lipinski definition) is 2. The first kappa shape index (κ1) is 8.49. The van der Waals surface area contributed by atoms with Gasteiger partial charge >= 0.3 is 0 Å². The van der Waals surface area contributed by atoms with E-state index in [1.165, 1.54) is 31.0 Å². The number of nitrogens with zero attached hydrogens (tertiary/aromatic N) is 1. The maximum Gasteiger partial charge on any atom is 0.0214 e. The lowest BCUT2D eigenvalue weighted by molar-refractivity contribution is 0.274. The number of hydrogen-bond donors (Lipinski definition) is 0. The Labute approximate surface area is 79.2 Å². The standard InChI is InChI=1S/C10H17NS/c1-2-4-11-5-3-9-7-12-8-10(9)6-11/h3,5,9-10H,2,4,6-8H2,1H3. The molecule has 1 fully saturated rings. The third-order valence-corrected chi connectivity index (χ3v) is 4.06. The van der Waals surface area contributed by atoms with Crippen molar-refractivity contribution >= 4 is 11.8 Å². The smallest absolute Gasteiger partial charge is 0.0214 e. The highest BCUT2D eigenvalue weighted by Crippen LogP contribution is 2.33. The molecule has 0 aromatic carbocycles. The molecule has 0 aromatic heterocycles. The van der Waals surface area contributed by atoms with Gasteiger partial charge in [-0.05, 0) is 36.0 Å². The van der Waals surface area contributed by atoms with Crippen molar-refractivity contribution in [3.63, 3.8) is 0 Å². The summed E-state index contributed by atoms with van der Waals surface area (Å²) >= 11 is 2.12. The number of rotatable bonds is 2. The minimum atomic E-state index is 0.892. The van der Waals surface area contributed by atoms with E-state index < -0.39 is 0 Å². The Morgan fingerprint density at radius 1 is 1.50 bits per heavy atom. The van der Waals surface area contributed by atoms with Crippen molar-refractivity contribution in [1.29, 1.82) is 0 Å². The molecule has 2 atom stereocenters. The molecular formula is C10H17NS. The minimum Gasteiger partial charge on any atom is -0.377 e. The lowest BCUT2D eigenvalue weighted by Crippen LogP contribution is -2.32. The molecule has 68 valence electrons. The van der Waals surface area contributed by atoms with Gasteiger partial charge in [0.2, 0.25) is 0 Å². The second kappa shape index (κ2) is 3.73. The summed E-state index contributed by atoms with van der Waals surface area (Å²) in [6.07, 6.45) is 6.01. The number of thioether (sulfide) groups is 1. The molecule has 0 aromatic rings. The third kappa shape index (κ3) is 1.63. The van der Waals surface area contributed by atoms with Crippen LogP contribution in [0.15, 0.2) is 12.3 Å².